The van der Waals surface area contributed by atoms with E-state index < -0.39 is 0 Å². The summed E-state index contributed by atoms with van der Waals surface area (Å²) in [6.45, 7) is 6.18. The Morgan fingerprint density at radius 3 is 2.45 bits per heavy atom. The highest BCUT2D eigenvalue weighted by Gasteiger charge is 2.38. The molecule has 7 heteroatoms. The quantitative estimate of drug-likeness (QED) is 0.324. The van der Waals surface area contributed by atoms with Crippen molar-refractivity contribution in [2.24, 2.45) is 0 Å². The highest BCUT2D eigenvalue weighted by molar-refractivity contribution is 8.03. The van der Waals surface area contributed by atoms with Crippen LogP contribution in [0.4, 0.5) is 0 Å². The van der Waals surface area contributed by atoms with E-state index >= 15 is 0 Å². The van der Waals surface area contributed by atoms with Crippen molar-refractivity contribution in [1.82, 2.24) is 4.90 Å². The Kier molecular flexibility index (Phi) is 8.79. The minimum atomic E-state index is -0.260. The molecule has 166 valence electrons. The fourth-order valence-corrected chi connectivity index (χ4v) is 4.28. The molecule has 1 aliphatic rings. The molecule has 0 spiro atoms. The van der Waals surface area contributed by atoms with E-state index in [9.17, 15) is 9.59 Å². The third-order valence-electron chi connectivity index (χ3n) is 4.83. The molecular formula is C24H29NO5S. The van der Waals surface area contributed by atoms with Crippen LogP contribution in [0.5, 0.6) is 5.75 Å². The number of thioether (sulfide) groups is 1. The third kappa shape index (κ3) is 6.02. The average molecular weight is 444 g/mol. The Bertz CT molecular complexity index is 889. The van der Waals surface area contributed by atoms with Gasteiger partial charge >= 0.3 is 0 Å². The molecule has 2 heterocycles. The standard InChI is InChI=1S/C24H29NO5S/c1-3-5-14-28-15-7-13-25-23(26)21(18-9-11-19(12-10-18)29-4-2)22(24(25)27)31-17-20-8-6-16-30-20/h6,8-12,16H,3-5,7,13-15,17H2,1-2H3. The van der Waals surface area contributed by atoms with Crippen LogP contribution in [-0.2, 0) is 20.1 Å². The van der Waals surface area contributed by atoms with Gasteiger partial charge in [0.1, 0.15) is 11.5 Å². The van der Waals surface area contributed by atoms with E-state index in [0.29, 0.717) is 54.6 Å². The number of imide groups is 1. The predicted molar refractivity (Wildman–Crippen MR) is 122 cm³/mol. The number of benzene rings is 1. The van der Waals surface area contributed by atoms with E-state index in [0.717, 1.165) is 24.4 Å². The predicted octanol–water partition coefficient (Wildman–Crippen LogP) is 4.90. The van der Waals surface area contributed by atoms with E-state index in [4.69, 9.17) is 13.9 Å². The van der Waals surface area contributed by atoms with Gasteiger partial charge in [0.15, 0.2) is 0 Å². The normalized spacial score (nSPS) is 14.1. The molecule has 0 unspecified atom stereocenters. The van der Waals surface area contributed by atoms with E-state index in [1.165, 1.54) is 16.7 Å². The second kappa shape index (κ2) is 11.8. The van der Waals surface area contributed by atoms with Crippen molar-refractivity contribution in [1.29, 1.82) is 0 Å². The molecule has 3 rings (SSSR count). The minimum Gasteiger partial charge on any atom is -0.494 e. The molecule has 1 aliphatic heterocycles. The Morgan fingerprint density at radius 1 is 1.00 bits per heavy atom. The van der Waals surface area contributed by atoms with E-state index in [1.54, 1.807) is 6.26 Å². The zero-order valence-corrected chi connectivity index (χ0v) is 18.9. The van der Waals surface area contributed by atoms with Crippen molar-refractivity contribution >= 4 is 29.1 Å². The van der Waals surface area contributed by atoms with Crippen LogP contribution in [-0.4, -0.2) is 43.1 Å². The number of ether oxygens (including phenoxy) is 2. The van der Waals surface area contributed by atoms with Gasteiger partial charge in [-0.25, -0.2) is 0 Å². The van der Waals surface area contributed by atoms with Crippen molar-refractivity contribution in [3.05, 3.63) is 58.9 Å². The SMILES string of the molecule is CCCCOCCCN1C(=O)C(SCc2ccco2)=C(c2ccc(OCC)cc2)C1=O. The van der Waals surface area contributed by atoms with Crippen LogP contribution in [0.2, 0.25) is 0 Å². The number of hydrogen-bond acceptors (Lipinski definition) is 6. The van der Waals surface area contributed by atoms with Gasteiger partial charge < -0.3 is 13.9 Å². The van der Waals surface area contributed by atoms with Gasteiger partial charge in [0, 0.05) is 19.8 Å². The molecule has 6 nitrogen and oxygen atoms in total. The second-order valence-electron chi connectivity index (χ2n) is 7.11. The summed E-state index contributed by atoms with van der Waals surface area (Å²) in [4.78, 5) is 28.1. The van der Waals surface area contributed by atoms with Gasteiger partial charge in [-0.3, -0.25) is 14.5 Å². The lowest BCUT2D eigenvalue weighted by Gasteiger charge is -2.15. The van der Waals surface area contributed by atoms with Gasteiger partial charge in [-0.2, -0.15) is 0 Å². The highest BCUT2D eigenvalue weighted by Crippen LogP contribution is 2.38. The van der Waals surface area contributed by atoms with Gasteiger partial charge in [0.2, 0.25) is 0 Å². The van der Waals surface area contributed by atoms with Gasteiger partial charge in [0.05, 0.1) is 29.1 Å². The van der Waals surface area contributed by atoms with Crippen LogP contribution in [0.3, 0.4) is 0 Å². The molecule has 0 atom stereocenters. The molecule has 0 aliphatic carbocycles. The minimum absolute atomic E-state index is 0.251. The van der Waals surface area contributed by atoms with Gasteiger partial charge in [-0.1, -0.05) is 25.5 Å². The molecule has 1 aromatic heterocycles. The van der Waals surface area contributed by atoms with E-state index in [-0.39, 0.29) is 11.8 Å². The zero-order chi connectivity index (χ0) is 22.1. The maximum Gasteiger partial charge on any atom is 0.267 e. The second-order valence-corrected chi connectivity index (χ2v) is 8.10. The molecular weight excluding hydrogens is 414 g/mol. The summed E-state index contributed by atoms with van der Waals surface area (Å²) in [5, 5.41) is 0. The number of hydrogen-bond donors (Lipinski definition) is 0. The van der Waals surface area contributed by atoms with Crippen LogP contribution in [0.15, 0.2) is 52.0 Å². The Labute approximate surface area is 187 Å². The van der Waals surface area contributed by atoms with E-state index in [2.05, 4.69) is 6.92 Å². The lowest BCUT2D eigenvalue weighted by atomic mass is 10.1. The summed E-state index contributed by atoms with van der Waals surface area (Å²) >= 11 is 1.34. The molecule has 0 N–H and O–H groups in total. The number of carbonyl (C=O) groups excluding carboxylic acids is 2. The van der Waals surface area contributed by atoms with Crippen molar-refractivity contribution in [3.63, 3.8) is 0 Å². The average Bonchev–Trinajstić information content (AvgIpc) is 3.37. The van der Waals surface area contributed by atoms with Crippen LogP contribution in [0.1, 0.15) is 44.4 Å². The van der Waals surface area contributed by atoms with Crippen molar-refractivity contribution in [2.45, 2.75) is 38.9 Å². The Morgan fingerprint density at radius 2 is 1.77 bits per heavy atom. The fourth-order valence-electron chi connectivity index (χ4n) is 3.24. The first-order valence-electron chi connectivity index (χ1n) is 10.7. The summed E-state index contributed by atoms with van der Waals surface area (Å²) in [5.74, 6) is 1.46. The number of rotatable bonds is 13. The lowest BCUT2D eigenvalue weighted by molar-refractivity contribution is -0.136. The molecule has 0 saturated heterocycles. The summed E-state index contributed by atoms with van der Waals surface area (Å²) in [7, 11) is 0. The van der Waals surface area contributed by atoms with Crippen LogP contribution in [0, 0.1) is 0 Å². The third-order valence-corrected chi connectivity index (χ3v) is 5.93. The molecule has 2 aromatic rings. The molecule has 1 aromatic carbocycles. The summed E-state index contributed by atoms with van der Waals surface area (Å²) in [6, 6.07) is 11.0. The maximum absolute atomic E-state index is 13.2. The molecule has 31 heavy (non-hydrogen) atoms. The Balaban J connectivity index is 1.75. The largest absolute Gasteiger partial charge is 0.494 e. The molecule has 0 saturated carbocycles. The van der Waals surface area contributed by atoms with Crippen LogP contribution in [0.25, 0.3) is 5.57 Å². The number of nitrogens with zero attached hydrogens (tertiary/aromatic N) is 1. The summed E-state index contributed by atoms with van der Waals surface area (Å²) < 4.78 is 16.5. The number of unbranched alkanes of at least 4 members (excludes halogenated alkanes) is 1. The van der Waals surface area contributed by atoms with Gasteiger partial charge in [-0.05, 0) is 49.6 Å². The smallest absolute Gasteiger partial charge is 0.267 e. The molecule has 2 amide bonds. The molecule has 0 fully saturated rings. The van der Waals surface area contributed by atoms with Gasteiger partial charge in [0.25, 0.3) is 11.8 Å². The van der Waals surface area contributed by atoms with Crippen molar-refractivity contribution in [2.75, 3.05) is 26.4 Å². The van der Waals surface area contributed by atoms with Gasteiger partial charge in [-0.15, -0.1) is 11.8 Å². The summed E-state index contributed by atoms with van der Waals surface area (Å²) in [5.41, 5.74) is 1.15. The fraction of sp³-hybridized carbons (Fsp3) is 0.417. The van der Waals surface area contributed by atoms with Crippen molar-refractivity contribution < 1.29 is 23.5 Å². The Hall–Kier alpha value is -2.51. The summed E-state index contributed by atoms with van der Waals surface area (Å²) in [6.07, 6.45) is 4.31. The van der Waals surface area contributed by atoms with Crippen LogP contribution < -0.4 is 4.74 Å². The maximum atomic E-state index is 13.2. The number of furan rings is 1. The lowest BCUT2D eigenvalue weighted by Crippen LogP contribution is -2.33. The topological polar surface area (TPSA) is 69.0 Å². The number of carbonyl (C=O) groups is 2. The number of amides is 2. The van der Waals surface area contributed by atoms with E-state index in [1.807, 2.05) is 43.3 Å². The highest BCUT2D eigenvalue weighted by atomic mass is 32.2. The first-order valence-corrected chi connectivity index (χ1v) is 11.7. The zero-order valence-electron chi connectivity index (χ0n) is 18.1. The first kappa shape index (κ1) is 23.2. The first-order chi connectivity index (χ1) is 15.2. The van der Waals surface area contributed by atoms with Crippen molar-refractivity contribution in [3.8, 4) is 5.75 Å². The molecule has 0 bridgehead atoms. The molecule has 0 radical (unpaired) electrons. The monoisotopic (exact) mass is 443 g/mol. The van der Waals surface area contributed by atoms with Crippen LogP contribution >= 0.6 is 11.8 Å².